The lowest BCUT2D eigenvalue weighted by Crippen LogP contribution is -2.14. The average molecular weight is 249 g/mol. The second kappa shape index (κ2) is 5.41. The van der Waals surface area contributed by atoms with Gasteiger partial charge in [0.1, 0.15) is 5.82 Å². The van der Waals surface area contributed by atoms with Crippen molar-refractivity contribution < 1.29 is 4.79 Å². The summed E-state index contributed by atoms with van der Waals surface area (Å²) >= 11 is 0. The van der Waals surface area contributed by atoms with Crippen molar-refractivity contribution >= 4 is 11.7 Å². The van der Waals surface area contributed by atoms with Gasteiger partial charge < -0.3 is 11.1 Å². The highest BCUT2D eigenvalue weighted by atomic mass is 16.2. The Morgan fingerprint density at radius 1 is 1.61 bits per heavy atom. The molecule has 0 bridgehead atoms. The van der Waals surface area contributed by atoms with E-state index >= 15 is 0 Å². The van der Waals surface area contributed by atoms with Crippen molar-refractivity contribution in [2.75, 3.05) is 11.9 Å². The maximum Gasteiger partial charge on any atom is 0.278 e. The maximum absolute atomic E-state index is 11.9. The number of aromatic amines is 1. The van der Waals surface area contributed by atoms with Gasteiger partial charge in [0.25, 0.3) is 5.91 Å². The van der Waals surface area contributed by atoms with Crippen LogP contribution in [0.15, 0.2) is 12.4 Å². The summed E-state index contributed by atoms with van der Waals surface area (Å²) in [6.45, 7) is 2.97. The van der Waals surface area contributed by atoms with Crippen LogP contribution in [0.3, 0.4) is 0 Å². The van der Waals surface area contributed by atoms with E-state index in [4.69, 9.17) is 5.73 Å². The maximum atomic E-state index is 11.9. The van der Waals surface area contributed by atoms with Crippen molar-refractivity contribution in [1.29, 1.82) is 0 Å². The smallest absolute Gasteiger partial charge is 0.278 e. The van der Waals surface area contributed by atoms with E-state index in [1.165, 1.54) is 4.68 Å². The van der Waals surface area contributed by atoms with Crippen LogP contribution in [-0.4, -0.2) is 37.6 Å². The summed E-state index contributed by atoms with van der Waals surface area (Å²) in [6, 6.07) is 0. The number of carbonyl (C=O) groups is 1. The van der Waals surface area contributed by atoms with Crippen molar-refractivity contribution in [3.05, 3.63) is 23.7 Å². The first-order valence-corrected chi connectivity index (χ1v) is 5.68. The molecule has 0 saturated heterocycles. The first-order valence-electron chi connectivity index (χ1n) is 5.68. The molecule has 0 radical (unpaired) electrons. The highest BCUT2D eigenvalue weighted by Crippen LogP contribution is 2.12. The van der Waals surface area contributed by atoms with E-state index in [9.17, 15) is 4.79 Å². The third-order valence-electron chi connectivity index (χ3n) is 2.47. The van der Waals surface area contributed by atoms with E-state index < -0.39 is 0 Å². The van der Waals surface area contributed by atoms with Crippen LogP contribution in [0.25, 0.3) is 0 Å². The van der Waals surface area contributed by atoms with Gasteiger partial charge >= 0.3 is 0 Å². The molecule has 8 nitrogen and oxygen atoms in total. The fourth-order valence-electron chi connectivity index (χ4n) is 1.51. The Labute approximate surface area is 104 Å². The molecule has 0 spiro atoms. The zero-order valence-corrected chi connectivity index (χ0v) is 10.1. The van der Waals surface area contributed by atoms with Gasteiger partial charge in [-0.25, -0.2) is 0 Å². The predicted molar refractivity (Wildman–Crippen MR) is 65.0 cm³/mol. The Morgan fingerprint density at radius 2 is 2.44 bits per heavy atom. The summed E-state index contributed by atoms with van der Waals surface area (Å²) in [7, 11) is 0. The Balaban J connectivity index is 2.07. The molecule has 0 unspecified atom stereocenters. The summed E-state index contributed by atoms with van der Waals surface area (Å²) < 4.78 is 1.53. The van der Waals surface area contributed by atoms with Gasteiger partial charge in [-0.3, -0.25) is 14.6 Å². The molecule has 96 valence electrons. The molecular weight excluding hydrogens is 234 g/mol. The van der Waals surface area contributed by atoms with Crippen LogP contribution in [0.4, 0.5) is 5.82 Å². The first-order chi connectivity index (χ1) is 8.74. The minimum absolute atomic E-state index is 0.250. The second-order valence-electron chi connectivity index (χ2n) is 3.73. The quantitative estimate of drug-likeness (QED) is 0.677. The number of hydrogen-bond acceptors (Lipinski definition) is 5. The van der Waals surface area contributed by atoms with Gasteiger partial charge in [0.15, 0.2) is 5.69 Å². The lowest BCUT2D eigenvalue weighted by atomic mass is 10.2. The van der Waals surface area contributed by atoms with Crippen molar-refractivity contribution in [3.8, 4) is 0 Å². The van der Waals surface area contributed by atoms with Crippen molar-refractivity contribution in [2.24, 2.45) is 5.73 Å². The van der Waals surface area contributed by atoms with E-state index in [0.29, 0.717) is 18.9 Å². The number of hydrogen-bond donors (Lipinski definition) is 3. The molecule has 4 N–H and O–H groups in total. The standard InChI is InChI=1S/C10H15N7O/c1-2-7-5-12-15-9(7)13-10(18)8-6-17(4-3-11)16-14-8/h5-6H,2-4,11H2,1H3,(H2,12,13,15,18). The molecule has 0 aliphatic carbocycles. The fraction of sp³-hybridized carbons (Fsp3) is 0.400. The number of rotatable bonds is 5. The molecule has 0 saturated carbocycles. The van der Waals surface area contributed by atoms with Gasteiger partial charge in [0.05, 0.1) is 18.9 Å². The normalized spacial score (nSPS) is 10.6. The van der Waals surface area contributed by atoms with E-state index in [1.807, 2.05) is 6.92 Å². The molecule has 0 aliphatic rings. The van der Waals surface area contributed by atoms with Crippen molar-refractivity contribution in [1.82, 2.24) is 25.2 Å². The number of carbonyl (C=O) groups excluding carboxylic acids is 1. The van der Waals surface area contributed by atoms with E-state index in [2.05, 4.69) is 25.8 Å². The van der Waals surface area contributed by atoms with Crippen LogP contribution >= 0.6 is 0 Å². The average Bonchev–Trinajstić information content (AvgIpc) is 2.98. The Kier molecular flexibility index (Phi) is 3.68. The van der Waals surface area contributed by atoms with Gasteiger partial charge in [-0.15, -0.1) is 5.10 Å². The molecule has 2 aromatic heterocycles. The summed E-state index contributed by atoms with van der Waals surface area (Å²) in [5.74, 6) is 0.271. The molecule has 8 heteroatoms. The van der Waals surface area contributed by atoms with E-state index in [0.717, 1.165) is 12.0 Å². The van der Waals surface area contributed by atoms with Gasteiger partial charge in [-0.1, -0.05) is 12.1 Å². The molecule has 18 heavy (non-hydrogen) atoms. The number of nitrogens with two attached hydrogens (primary N) is 1. The SMILES string of the molecule is CCc1cn[nH]c1NC(=O)c1cn(CCN)nn1. The van der Waals surface area contributed by atoms with Crippen LogP contribution in [0.1, 0.15) is 23.0 Å². The summed E-state index contributed by atoms with van der Waals surface area (Å²) in [5.41, 5.74) is 6.58. The zero-order valence-electron chi connectivity index (χ0n) is 10.1. The number of nitrogens with zero attached hydrogens (tertiary/aromatic N) is 4. The molecule has 2 heterocycles. The predicted octanol–water partition coefficient (Wildman–Crippen LogP) is -0.225. The first kappa shape index (κ1) is 12.2. The Bertz CT molecular complexity index is 530. The third kappa shape index (κ3) is 2.54. The highest BCUT2D eigenvalue weighted by Gasteiger charge is 2.13. The van der Waals surface area contributed by atoms with Crippen LogP contribution in [0.2, 0.25) is 0 Å². The van der Waals surface area contributed by atoms with Gasteiger partial charge in [-0.05, 0) is 6.42 Å². The monoisotopic (exact) mass is 249 g/mol. The van der Waals surface area contributed by atoms with Gasteiger partial charge in [0.2, 0.25) is 0 Å². The van der Waals surface area contributed by atoms with Crippen molar-refractivity contribution in [2.45, 2.75) is 19.9 Å². The minimum Gasteiger partial charge on any atom is -0.329 e. The van der Waals surface area contributed by atoms with Gasteiger partial charge in [0, 0.05) is 12.1 Å². The number of amides is 1. The molecule has 2 rings (SSSR count). The highest BCUT2D eigenvalue weighted by molar-refractivity contribution is 6.02. The van der Waals surface area contributed by atoms with Crippen LogP contribution < -0.4 is 11.1 Å². The number of H-pyrrole nitrogens is 1. The molecular formula is C10H15N7O. The Morgan fingerprint density at radius 3 is 3.17 bits per heavy atom. The molecule has 0 aliphatic heterocycles. The number of aromatic nitrogens is 5. The second-order valence-corrected chi connectivity index (χ2v) is 3.73. The summed E-state index contributed by atoms with van der Waals surface area (Å²) in [5, 5.41) is 16.9. The molecule has 1 amide bonds. The largest absolute Gasteiger partial charge is 0.329 e. The van der Waals surface area contributed by atoms with Gasteiger partial charge in [-0.2, -0.15) is 5.10 Å². The lowest BCUT2D eigenvalue weighted by molar-refractivity contribution is 0.102. The molecule has 0 fully saturated rings. The minimum atomic E-state index is -0.322. The van der Waals surface area contributed by atoms with E-state index in [-0.39, 0.29) is 11.6 Å². The fourth-order valence-corrected chi connectivity index (χ4v) is 1.51. The van der Waals surface area contributed by atoms with Crippen molar-refractivity contribution in [3.63, 3.8) is 0 Å². The van der Waals surface area contributed by atoms with Crippen LogP contribution in [0, 0.1) is 0 Å². The molecule has 0 atom stereocenters. The lowest BCUT2D eigenvalue weighted by Gasteiger charge is -2.01. The van der Waals surface area contributed by atoms with Crippen LogP contribution in [-0.2, 0) is 13.0 Å². The number of aryl methyl sites for hydroxylation is 1. The zero-order chi connectivity index (χ0) is 13.0. The summed E-state index contributed by atoms with van der Waals surface area (Å²) in [6.07, 6.45) is 4.02. The van der Waals surface area contributed by atoms with Crippen LogP contribution in [0.5, 0.6) is 0 Å². The third-order valence-corrected chi connectivity index (χ3v) is 2.47. The molecule has 2 aromatic rings. The molecule has 0 aromatic carbocycles. The number of anilines is 1. The Hall–Kier alpha value is -2.22. The summed E-state index contributed by atoms with van der Waals surface area (Å²) in [4.78, 5) is 11.9. The number of nitrogens with one attached hydrogen (secondary N) is 2. The topological polar surface area (TPSA) is 115 Å². The van der Waals surface area contributed by atoms with E-state index in [1.54, 1.807) is 12.4 Å².